The maximum absolute atomic E-state index is 11.4. The number of rotatable bonds is 8. The van der Waals surface area contributed by atoms with Gasteiger partial charge in [0, 0.05) is 18.0 Å². The molecule has 6 heteroatoms. The van der Waals surface area contributed by atoms with Gasteiger partial charge in [-0.25, -0.2) is 5.84 Å². The molecule has 5 nitrogen and oxygen atoms in total. The standard InChI is InChI=1S/C13H23N3O2S/c1-10-11(8-12(19-10)13(18)15-14)9-16(2)6-4-3-5-7-17/h8,17H,3-7,9,14H2,1-2H3,(H,15,18). The van der Waals surface area contributed by atoms with Crippen LogP contribution in [-0.4, -0.2) is 36.1 Å². The molecule has 1 aromatic rings. The molecule has 0 saturated heterocycles. The number of hydrogen-bond acceptors (Lipinski definition) is 5. The molecular formula is C13H23N3O2S. The molecule has 0 saturated carbocycles. The van der Waals surface area contributed by atoms with Crippen LogP contribution in [0.1, 0.15) is 39.4 Å². The zero-order chi connectivity index (χ0) is 14.3. The maximum atomic E-state index is 11.4. The van der Waals surface area contributed by atoms with Crippen LogP contribution in [0.25, 0.3) is 0 Å². The Kier molecular flexibility index (Phi) is 7.01. The van der Waals surface area contributed by atoms with Gasteiger partial charge in [0.2, 0.25) is 0 Å². The first-order valence-electron chi connectivity index (χ1n) is 6.48. The number of nitrogen functional groups attached to an aromatic ring is 1. The van der Waals surface area contributed by atoms with Crippen LogP contribution in [-0.2, 0) is 6.54 Å². The molecule has 0 bridgehead atoms. The maximum Gasteiger partial charge on any atom is 0.275 e. The van der Waals surface area contributed by atoms with Gasteiger partial charge in [-0.2, -0.15) is 0 Å². The highest BCUT2D eigenvalue weighted by Crippen LogP contribution is 2.22. The summed E-state index contributed by atoms with van der Waals surface area (Å²) in [5, 5.41) is 8.72. The van der Waals surface area contributed by atoms with Crippen molar-refractivity contribution in [1.29, 1.82) is 0 Å². The normalized spacial score (nSPS) is 11.0. The number of hydrogen-bond donors (Lipinski definition) is 3. The van der Waals surface area contributed by atoms with E-state index in [1.807, 2.05) is 13.0 Å². The largest absolute Gasteiger partial charge is 0.396 e. The van der Waals surface area contributed by atoms with Gasteiger partial charge in [0.05, 0.1) is 4.88 Å². The fraction of sp³-hybridized carbons (Fsp3) is 0.615. The van der Waals surface area contributed by atoms with E-state index in [-0.39, 0.29) is 12.5 Å². The lowest BCUT2D eigenvalue weighted by atomic mass is 10.2. The van der Waals surface area contributed by atoms with Crippen molar-refractivity contribution >= 4 is 17.2 Å². The van der Waals surface area contributed by atoms with Crippen molar-refractivity contribution in [3.63, 3.8) is 0 Å². The Morgan fingerprint density at radius 1 is 1.47 bits per heavy atom. The predicted octanol–water partition coefficient (Wildman–Crippen LogP) is 1.25. The third-order valence-electron chi connectivity index (χ3n) is 3.01. The van der Waals surface area contributed by atoms with Gasteiger partial charge in [-0.05, 0) is 51.4 Å². The van der Waals surface area contributed by atoms with Crippen LogP contribution < -0.4 is 11.3 Å². The highest BCUT2D eigenvalue weighted by Gasteiger charge is 2.12. The Bertz CT molecular complexity index is 407. The SMILES string of the molecule is Cc1sc(C(=O)NN)cc1CN(C)CCCCCO. The summed E-state index contributed by atoms with van der Waals surface area (Å²) >= 11 is 1.47. The molecule has 1 heterocycles. The smallest absolute Gasteiger partial charge is 0.275 e. The van der Waals surface area contributed by atoms with E-state index < -0.39 is 0 Å². The molecule has 0 aromatic carbocycles. The van der Waals surface area contributed by atoms with Crippen molar-refractivity contribution in [3.8, 4) is 0 Å². The minimum absolute atomic E-state index is 0.232. The van der Waals surface area contributed by atoms with Gasteiger partial charge in [-0.15, -0.1) is 11.3 Å². The molecule has 0 unspecified atom stereocenters. The number of aliphatic hydroxyl groups excluding tert-OH is 1. The van der Waals surface area contributed by atoms with Crippen LogP contribution in [0.3, 0.4) is 0 Å². The number of nitrogens with one attached hydrogen (secondary N) is 1. The number of aliphatic hydroxyl groups is 1. The van der Waals surface area contributed by atoms with E-state index in [0.29, 0.717) is 4.88 Å². The summed E-state index contributed by atoms with van der Waals surface area (Å²) < 4.78 is 0. The van der Waals surface area contributed by atoms with Gasteiger partial charge >= 0.3 is 0 Å². The van der Waals surface area contributed by atoms with Gasteiger partial charge in [0.1, 0.15) is 0 Å². The first-order chi connectivity index (χ1) is 9.08. The summed E-state index contributed by atoms with van der Waals surface area (Å²) in [4.78, 5) is 15.5. The van der Waals surface area contributed by atoms with Gasteiger partial charge in [0.15, 0.2) is 0 Å². The Morgan fingerprint density at radius 2 is 2.21 bits per heavy atom. The molecule has 0 atom stereocenters. The second kappa shape index (κ2) is 8.27. The van der Waals surface area contributed by atoms with Crippen LogP contribution in [0.15, 0.2) is 6.07 Å². The minimum Gasteiger partial charge on any atom is -0.396 e. The summed E-state index contributed by atoms with van der Waals surface area (Å²) in [6, 6.07) is 1.91. The first kappa shape index (κ1) is 16.1. The molecule has 19 heavy (non-hydrogen) atoms. The van der Waals surface area contributed by atoms with Crippen molar-refractivity contribution in [1.82, 2.24) is 10.3 Å². The number of nitrogens with two attached hydrogens (primary N) is 1. The molecule has 4 N–H and O–H groups in total. The van der Waals surface area contributed by atoms with E-state index >= 15 is 0 Å². The van der Waals surface area contributed by atoms with E-state index in [0.717, 1.165) is 37.2 Å². The van der Waals surface area contributed by atoms with E-state index in [1.165, 1.54) is 16.9 Å². The van der Waals surface area contributed by atoms with Crippen molar-refractivity contribution in [2.45, 2.75) is 32.7 Å². The molecule has 0 aliphatic carbocycles. The summed E-state index contributed by atoms with van der Waals surface area (Å²) in [5.41, 5.74) is 3.33. The Balaban J connectivity index is 2.47. The number of carbonyl (C=O) groups excluding carboxylic acids is 1. The van der Waals surface area contributed by atoms with Crippen molar-refractivity contribution in [3.05, 3.63) is 21.4 Å². The molecule has 1 rings (SSSR count). The molecule has 0 aliphatic heterocycles. The van der Waals surface area contributed by atoms with E-state index in [9.17, 15) is 4.79 Å². The monoisotopic (exact) mass is 285 g/mol. The van der Waals surface area contributed by atoms with Crippen LogP contribution >= 0.6 is 11.3 Å². The zero-order valence-corrected chi connectivity index (χ0v) is 12.4. The Labute approximate surface area is 118 Å². The van der Waals surface area contributed by atoms with Crippen molar-refractivity contribution < 1.29 is 9.90 Å². The third-order valence-corrected chi connectivity index (χ3v) is 4.11. The second-order valence-corrected chi connectivity index (χ2v) is 5.94. The van der Waals surface area contributed by atoms with Gasteiger partial charge in [-0.1, -0.05) is 0 Å². The number of thiophene rings is 1. The summed E-state index contributed by atoms with van der Waals surface area (Å²) in [7, 11) is 2.07. The third kappa shape index (κ3) is 5.28. The van der Waals surface area contributed by atoms with Gasteiger partial charge in [-0.3, -0.25) is 10.2 Å². The average Bonchev–Trinajstić information content (AvgIpc) is 2.75. The van der Waals surface area contributed by atoms with Crippen LogP contribution in [0.4, 0.5) is 0 Å². The topological polar surface area (TPSA) is 78.6 Å². The number of carbonyl (C=O) groups is 1. The second-order valence-electron chi connectivity index (χ2n) is 4.69. The summed E-state index contributed by atoms with van der Waals surface area (Å²) in [5.74, 6) is 4.90. The summed E-state index contributed by atoms with van der Waals surface area (Å²) in [6.45, 7) is 4.12. The fourth-order valence-corrected chi connectivity index (χ4v) is 2.84. The van der Waals surface area contributed by atoms with Crippen LogP contribution in [0.5, 0.6) is 0 Å². The lowest BCUT2D eigenvalue weighted by Gasteiger charge is -2.16. The van der Waals surface area contributed by atoms with Gasteiger partial charge in [0.25, 0.3) is 5.91 Å². The lowest BCUT2D eigenvalue weighted by molar-refractivity contribution is 0.0957. The van der Waals surface area contributed by atoms with E-state index in [4.69, 9.17) is 10.9 Å². The summed E-state index contributed by atoms with van der Waals surface area (Å²) in [6.07, 6.45) is 2.99. The van der Waals surface area contributed by atoms with Crippen molar-refractivity contribution in [2.24, 2.45) is 5.84 Å². The van der Waals surface area contributed by atoms with Gasteiger partial charge < -0.3 is 10.0 Å². The minimum atomic E-state index is -0.232. The number of hydrazine groups is 1. The predicted molar refractivity (Wildman–Crippen MR) is 78.0 cm³/mol. The molecular weight excluding hydrogens is 262 g/mol. The van der Waals surface area contributed by atoms with Crippen LogP contribution in [0, 0.1) is 6.92 Å². The lowest BCUT2D eigenvalue weighted by Crippen LogP contribution is -2.29. The first-order valence-corrected chi connectivity index (χ1v) is 7.29. The van der Waals surface area contributed by atoms with E-state index in [2.05, 4.69) is 17.4 Å². The number of nitrogens with zero attached hydrogens (tertiary/aromatic N) is 1. The van der Waals surface area contributed by atoms with Crippen LogP contribution in [0.2, 0.25) is 0 Å². The fourth-order valence-electron chi connectivity index (χ4n) is 1.90. The Morgan fingerprint density at radius 3 is 2.84 bits per heavy atom. The molecule has 0 spiro atoms. The zero-order valence-electron chi connectivity index (χ0n) is 11.6. The van der Waals surface area contributed by atoms with E-state index in [1.54, 1.807) is 0 Å². The molecule has 0 aliphatic rings. The highest BCUT2D eigenvalue weighted by molar-refractivity contribution is 7.14. The average molecular weight is 285 g/mol. The highest BCUT2D eigenvalue weighted by atomic mass is 32.1. The molecule has 1 aromatic heterocycles. The molecule has 0 radical (unpaired) electrons. The number of unbranched alkanes of at least 4 members (excludes halogenated alkanes) is 2. The number of aryl methyl sites for hydroxylation is 1. The molecule has 0 fully saturated rings. The Hall–Kier alpha value is -0.950. The quantitative estimate of drug-likeness (QED) is 0.291. The van der Waals surface area contributed by atoms with Crippen molar-refractivity contribution in [2.75, 3.05) is 20.2 Å². The molecule has 1 amide bonds. The number of amides is 1. The molecule has 108 valence electrons.